The molecule has 1 aromatic rings. The Bertz CT molecular complexity index is 775. The highest BCUT2D eigenvalue weighted by Gasteiger charge is 2.43. The molecule has 1 saturated carbocycles. The highest BCUT2D eigenvalue weighted by Crippen LogP contribution is 2.38. The standard InChI is InChI=1S/C20H29N5O3/c1-11-4-5-17(14-7-15(8-14)23-13(3)26)25(10-11)20(28)19(27)24-16-6-12(2)18(21)22-9-16/h6,9,11,14-15,17H,4-5,7-8,10H2,1-3H3,(H2,21,22)(H,23,26)(H,24,27)/t11-,14-,15-,17-/m0/s1. The van der Waals surface area contributed by atoms with Gasteiger partial charge < -0.3 is 21.3 Å². The number of nitrogens with one attached hydrogen (secondary N) is 2. The minimum absolute atomic E-state index is 0.0274. The number of pyridine rings is 1. The highest BCUT2D eigenvalue weighted by molar-refractivity contribution is 6.39. The molecule has 2 aliphatic rings. The maximum Gasteiger partial charge on any atom is 0.313 e. The SMILES string of the molecule is CC(=O)N[C@H]1C[C@H]([C@@H]2CC[C@H](C)CN2C(=O)C(=O)Nc2cnc(N)c(C)c2)C1. The van der Waals surface area contributed by atoms with Crippen molar-refractivity contribution in [2.75, 3.05) is 17.6 Å². The van der Waals surface area contributed by atoms with E-state index in [0.717, 1.165) is 31.2 Å². The van der Waals surface area contributed by atoms with E-state index in [2.05, 4.69) is 22.5 Å². The molecule has 28 heavy (non-hydrogen) atoms. The van der Waals surface area contributed by atoms with Crippen LogP contribution in [0.1, 0.15) is 45.1 Å². The molecule has 4 N–H and O–H groups in total. The number of nitrogen functional groups attached to an aromatic ring is 1. The largest absolute Gasteiger partial charge is 0.383 e. The molecule has 152 valence electrons. The molecule has 2 heterocycles. The molecule has 3 rings (SSSR count). The van der Waals surface area contributed by atoms with Gasteiger partial charge >= 0.3 is 11.8 Å². The quantitative estimate of drug-likeness (QED) is 0.679. The lowest BCUT2D eigenvalue weighted by molar-refractivity contribution is -0.148. The Morgan fingerprint density at radius 1 is 1.25 bits per heavy atom. The summed E-state index contributed by atoms with van der Waals surface area (Å²) < 4.78 is 0. The number of nitrogens with two attached hydrogens (primary N) is 1. The van der Waals surface area contributed by atoms with Crippen molar-refractivity contribution in [3.05, 3.63) is 17.8 Å². The third-order valence-corrected chi connectivity index (χ3v) is 5.82. The molecule has 1 aromatic heterocycles. The van der Waals surface area contributed by atoms with Gasteiger partial charge in [0, 0.05) is 25.6 Å². The van der Waals surface area contributed by atoms with E-state index < -0.39 is 11.8 Å². The summed E-state index contributed by atoms with van der Waals surface area (Å²) in [5.74, 6) is -0.105. The van der Waals surface area contributed by atoms with Gasteiger partial charge in [-0.3, -0.25) is 14.4 Å². The van der Waals surface area contributed by atoms with E-state index in [1.54, 1.807) is 17.9 Å². The summed E-state index contributed by atoms with van der Waals surface area (Å²) in [5.41, 5.74) is 6.90. The van der Waals surface area contributed by atoms with Crippen molar-refractivity contribution in [3.8, 4) is 0 Å². The van der Waals surface area contributed by atoms with Gasteiger partial charge in [-0.15, -0.1) is 0 Å². The van der Waals surface area contributed by atoms with E-state index >= 15 is 0 Å². The van der Waals surface area contributed by atoms with Gasteiger partial charge in [0.2, 0.25) is 5.91 Å². The first-order valence-electron chi connectivity index (χ1n) is 9.85. The number of carbonyl (C=O) groups excluding carboxylic acids is 3. The van der Waals surface area contributed by atoms with Gasteiger partial charge in [0.1, 0.15) is 5.82 Å². The summed E-state index contributed by atoms with van der Waals surface area (Å²) in [6.07, 6.45) is 5.09. The summed E-state index contributed by atoms with van der Waals surface area (Å²) in [6.45, 7) is 5.99. The van der Waals surface area contributed by atoms with Crippen LogP contribution < -0.4 is 16.4 Å². The lowest BCUT2D eigenvalue weighted by Gasteiger charge is -2.48. The van der Waals surface area contributed by atoms with Crippen molar-refractivity contribution in [2.24, 2.45) is 11.8 Å². The third kappa shape index (κ3) is 4.43. The number of amides is 3. The monoisotopic (exact) mass is 387 g/mol. The first kappa shape index (κ1) is 20.1. The molecule has 8 nitrogen and oxygen atoms in total. The first-order valence-corrected chi connectivity index (χ1v) is 9.85. The van der Waals surface area contributed by atoms with Crippen LogP contribution in [-0.2, 0) is 14.4 Å². The molecule has 2 atom stereocenters. The van der Waals surface area contributed by atoms with E-state index in [0.29, 0.717) is 29.9 Å². The summed E-state index contributed by atoms with van der Waals surface area (Å²) >= 11 is 0. The van der Waals surface area contributed by atoms with E-state index in [-0.39, 0.29) is 18.0 Å². The zero-order valence-electron chi connectivity index (χ0n) is 16.7. The summed E-state index contributed by atoms with van der Waals surface area (Å²) in [7, 11) is 0. The molecule has 0 aromatic carbocycles. The highest BCUT2D eigenvalue weighted by atomic mass is 16.2. The van der Waals surface area contributed by atoms with Gasteiger partial charge in [0.05, 0.1) is 11.9 Å². The fraction of sp³-hybridized carbons (Fsp3) is 0.600. The number of hydrogen-bond donors (Lipinski definition) is 3. The van der Waals surface area contributed by atoms with Crippen LogP contribution in [0.15, 0.2) is 12.3 Å². The van der Waals surface area contributed by atoms with Gasteiger partial charge in [0.15, 0.2) is 0 Å². The zero-order valence-corrected chi connectivity index (χ0v) is 16.7. The fourth-order valence-electron chi connectivity index (χ4n) is 4.25. The normalized spacial score (nSPS) is 26.9. The number of carbonyl (C=O) groups is 3. The van der Waals surface area contributed by atoms with Crippen molar-refractivity contribution in [1.29, 1.82) is 0 Å². The Kier molecular flexibility index (Phi) is 5.86. The molecule has 0 spiro atoms. The van der Waals surface area contributed by atoms with Crippen LogP contribution in [0.2, 0.25) is 0 Å². The predicted octanol–water partition coefficient (Wildman–Crippen LogP) is 1.45. The predicted molar refractivity (Wildman–Crippen MR) is 106 cm³/mol. The van der Waals surface area contributed by atoms with E-state index in [4.69, 9.17) is 5.73 Å². The van der Waals surface area contributed by atoms with Crippen LogP contribution in [0.4, 0.5) is 11.5 Å². The molecule has 1 aliphatic heterocycles. The number of hydrogen-bond acceptors (Lipinski definition) is 5. The maximum absolute atomic E-state index is 12.9. The van der Waals surface area contributed by atoms with Crippen LogP contribution >= 0.6 is 0 Å². The molecule has 0 radical (unpaired) electrons. The summed E-state index contributed by atoms with van der Waals surface area (Å²) in [6, 6.07) is 1.93. The molecule has 1 saturated heterocycles. The lowest BCUT2D eigenvalue weighted by Crippen LogP contribution is -2.57. The number of aromatic nitrogens is 1. The van der Waals surface area contributed by atoms with Gasteiger partial charge in [-0.05, 0) is 56.1 Å². The van der Waals surface area contributed by atoms with Crippen LogP contribution in [0.5, 0.6) is 0 Å². The molecule has 2 fully saturated rings. The second-order valence-corrected chi connectivity index (χ2v) is 8.22. The second-order valence-electron chi connectivity index (χ2n) is 8.22. The van der Waals surface area contributed by atoms with E-state index in [9.17, 15) is 14.4 Å². The van der Waals surface area contributed by atoms with E-state index in [1.807, 2.05) is 0 Å². The molecule has 1 aliphatic carbocycles. The molecule has 8 heteroatoms. The molecular weight excluding hydrogens is 358 g/mol. The van der Waals surface area contributed by atoms with Crippen LogP contribution in [0.25, 0.3) is 0 Å². The van der Waals surface area contributed by atoms with E-state index in [1.165, 1.54) is 13.1 Å². The lowest BCUT2D eigenvalue weighted by atomic mass is 9.71. The average molecular weight is 387 g/mol. The van der Waals surface area contributed by atoms with Crippen LogP contribution in [-0.4, -0.2) is 46.2 Å². The van der Waals surface area contributed by atoms with Crippen molar-refractivity contribution < 1.29 is 14.4 Å². The van der Waals surface area contributed by atoms with Crippen molar-refractivity contribution >= 4 is 29.2 Å². The smallest absolute Gasteiger partial charge is 0.313 e. The molecular formula is C20H29N5O3. The van der Waals surface area contributed by atoms with Crippen molar-refractivity contribution in [3.63, 3.8) is 0 Å². The third-order valence-electron chi connectivity index (χ3n) is 5.82. The number of rotatable bonds is 3. The Hall–Kier alpha value is -2.64. The number of anilines is 2. The number of nitrogens with zero attached hydrogens (tertiary/aromatic N) is 2. The van der Waals surface area contributed by atoms with Crippen molar-refractivity contribution in [1.82, 2.24) is 15.2 Å². The van der Waals surface area contributed by atoms with Gasteiger partial charge in [-0.2, -0.15) is 0 Å². The zero-order chi connectivity index (χ0) is 20.4. The fourth-order valence-corrected chi connectivity index (χ4v) is 4.25. The summed E-state index contributed by atoms with van der Waals surface area (Å²) in [4.78, 5) is 42.5. The topological polar surface area (TPSA) is 117 Å². The minimum Gasteiger partial charge on any atom is -0.383 e. The second kappa shape index (κ2) is 8.16. The van der Waals surface area contributed by atoms with Gasteiger partial charge in [-0.1, -0.05) is 6.92 Å². The average Bonchev–Trinajstić information content (AvgIpc) is 2.60. The number of piperidine rings is 1. The Morgan fingerprint density at radius 2 is 1.96 bits per heavy atom. The van der Waals surface area contributed by atoms with Gasteiger partial charge in [-0.25, -0.2) is 4.98 Å². The Balaban J connectivity index is 1.65. The van der Waals surface area contributed by atoms with Gasteiger partial charge in [0.25, 0.3) is 0 Å². The minimum atomic E-state index is -0.650. The van der Waals surface area contributed by atoms with Crippen LogP contribution in [0, 0.1) is 18.8 Å². The summed E-state index contributed by atoms with van der Waals surface area (Å²) in [5, 5.41) is 5.57. The number of likely N-dealkylation sites (tertiary alicyclic amines) is 1. The molecule has 3 amide bonds. The first-order chi connectivity index (χ1) is 13.2. The van der Waals surface area contributed by atoms with Crippen LogP contribution in [0.3, 0.4) is 0 Å². The molecule has 0 unspecified atom stereocenters. The number of aryl methyl sites for hydroxylation is 1. The maximum atomic E-state index is 12.9. The van der Waals surface area contributed by atoms with Crippen molar-refractivity contribution in [2.45, 2.75) is 58.5 Å². The molecule has 0 bridgehead atoms. The Morgan fingerprint density at radius 3 is 2.61 bits per heavy atom. The Labute approximate surface area is 165 Å².